The number of nitrogens with two attached hydrogens (primary N) is 1. The van der Waals surface area contributed by atoms with Gasteiger partial charge in [-0.3, -0.25) is 9.59 Å². The van der Waals surface area contributed by atoms with Gasteiger partial charge in [0.05, 0.1) is 6.10 Å². The molecule has 1 aromatic carbocycles. The van der Waals surface area contributed by atoms with E-state index in [1.807, 2.05) is 38.1 Å². The molecule has 1 saturated heterocycles. The van der Waals surface area contributed by atoms with E-state index in [1.54, 1.807) is 10.3 Å². The van der Waals surface area contributed by atoms with Gasteiger partial charge in [-0.25, -0.2) is 4.98 Å². The van der Waals surface area contributed by atoms with Crippen molar-refractivity contribution in [2.45, 2.75) is 32.8 Å². The molecule has 1 aliphatic heterocycles. The van der Waals surface area contributed by atoms with Gasteiger partial charge in [0.2, 0.25) is 5.91 Å². The van der Waals surface area contributed by atoms with Crippen LogP contribution in [-0.2, 0) is 4.79 Å². The number of primary amides is 1. The molecule has 0 aliphatic carbocycles. The maximum Gasteiger partial charge on any atom is 0.273 e. The normalized spacial score (nSPS) is 15.3. The van der Waals surface area contributed by atoms with E-state index in [1.165, 1.54) is 11.3 Å². The number of rotatable bonds is 5. The molecule has 2 amide bonds. The van der Waals surface area contributed by atoms with Crippen molar-refractivity contribution >= 4 is 23.2 Å². The second-order valence-electron chi connectivity index (χ2n) is 6.70. The van der Waals surface area contributed by atoms with Gasteiger partial charge in [-0.2, -0.15) is 0 Å². The Labute approximate surface area is 157 Å². The minimum Gasteiger partial charge on any atom is -0.491 e. The SMILES string of the molecule is CC(C)Oc1ccc(-c2nc(C(=O)N3CCC(C(N)=O)CC3)cs2)cc1. The van der Waals surface area contributed by atoms with Gasteiger partial charge in [0.15, 0.2) is 0 Å². The van der Waals surface area contributed by atoms with Crippen molar-refractivity contribution in [3.05, 3.63) is 35.3 Å². The predicted octanol–water partition coefficient (Wildman–Crippen LogP) is 2.93. The molecule has 7 heteroatoms. The lowest BCUT2D eigenvalue weighted by atomic mass is 9.96. The van der Waals surface area contributed by atoms with Gasteiger partial charge in [-0.1, -0.05) is 0 Å². The number of nitrogens with zero attached hydrogens (tertiary/aromatic N) is 2. The van der Waals surface area contributed by atoms with Gasteiger partial charge in [-0.05, 0) is 51.0 Å². The molecular formula is C19H23N3O3S. The number of benzene rings is 1. The third kappa shape index (κ3) is 4.22. The van der Waals surface area contributed by atoms with E-state index < -0.39 is 0 Å². The Kier molecular flexibility index (Phi) is 5.56. The largest absolute Gasteiger partial charge is 0.491 e. The highest BCUT2D eigenvalue weighted by molar-refractivity contribution is 7.13. The van der Waals surface area contributed by atoms with Crippen LogP contribution in [0.2, 0.25) is 0 Å². The molecule has 2 N–H and O–H groups in total. The highest BCUT2D eigenvalue weighted by Crippen LogP contribution is 2.27. The van der Waals surface area contributed by atoms with Crippen molar-refractivity contribution < 1.29 is 14.3 Å². The highest BCUT2D eigenvalue weighted by atomic mass is 32.1. The van der Waals surface area contributed by atoms with Crippen molar-refractivity contribution in [1.82, 2.24) is 9.88 Å². The molecule has 138 valence electrons. The lowest BCUT2D eigenvalue weighted by Crippen LogP contribution is -2.41. The summed E-state index contributed by atoms with van der Waals surface area (Å²) in [7, 11) is 0. The van der Waals surface area contributed by atoms with Crippen LogP contribution in [0.15, 0.2) is 29.6 Å². The number of carbonyl (C=O) groups excluding carboxylic acids is 2. The Balaban J connectivity index is 1.66. The number of likely N-dealkylation sites (tertiary alicyclic amines) is 1. The van der Waals surface area contributed by atoms with Gasteiger partial charge in [-0.15, -0.1) is 11.3 Å². The average Bonchev–Trinajstić information content (AvgIpc) is 3.11. The Morgan fingerprint density at radius 3 is 2.46 bits per heavy atom. The quantitative estimate of drug-likeness (QED) is 0.873. The molecule has 2 heterocycles. The van der Waals surface area contributed by atoms with Crippen molar-refractivity contribution in [3.63, 3.8) is 0 Å². The van der Waals surface area contributed by atoms with Crippen LogP contribution >= 0.6 is 11.3 Å². The average molecular weight is 373 g/mol. The summed E-state index contributed by atoms with van der Waals surface area (Å²) < 4.78 is 5.64. The summed E-state index contributed by atoms with van der Waals surface area (Å²) in [5.74, 6) is 0.318. The van der Waals surface area contributed by atoms with Crippen LogP contribution < -0.4 is 10.5 Å². The summed E-state index contributed by atoms with van der Waals surface area (Å²) in [5.41, 5.74) is 6.75. The third-order valence-corrected chi connectivity index (χ3v) is 5.27. The number of thiazole rings is 1. The summed E-state index contributed by atoms with van der Waals surface area (Å²) in [6.07, 6.45) is 1.37. The fourth-order valence-electron chi connectivity index (χ4n) is 2.98. The van der Waals surface area contributed by atoms with Gasteiger partial charge in [0.25, 0.3) is 5.91 Å². The molecule has 2 aromatic rings. The summed E-state index contributed by atoms with van der Waals surface area (Å²) in [4.78, 5) is 30.1. The molecule has 0 atom stereocenters. The maximum atomic E-state index is 12.6. The second kappa shape index (κ2) is 7.86. The monoisotopic (exact) mass is 373 g/mol. The Morgan fingerprint density at radius 1 is 1.23 bits per heavy atom. The fraction of sp³-hybridized carbons (Fsp3) is 0.421. The third-order valence-electron chi connectivity index (χ3n) is 4.38. The molecule has 1 aliphatic rings. The van der Waals surface area contributed by atoms with Crippen molar-refractivity contribution in [2.75, 3.05) is 13.1 Å². The Morgan fingerprint density at radius 2 is 1.88 bits per heavy atom. The first-order valence-corrected chi connectivity index (χ1v) is 9.63. The van der Waals surface area contributed by atoms with Crippen LogP contribution in [0.25, 0.3) is 10.6 Å². The summed E-state index contributed by atoms with van der Waals surface area (Å²) in [5, 5.41) is 2.59. The predicted molar refractivity (Wildman–Crippen MR) is 101 cm³/mol. The Hall–Kier alpha value is -2.41. The topological polar surface area (TPSA) is 85.5 Å². The van der Waals surface area contributed by atoms with E-state index >= 15 is 0 Å². The van der Waals surface area contributed by atoms with Gasteiger partial charge >= 0.3 is 0 Å². The molecule has 26 heavy (non-hydrogen) atoms. The minimum absolute atomic E-state index is 0.0878. The lowest BCUT2D eigenvalue weighted by molar-refractivity contribution is -0.123. The smallest absolute Gasteiger partial charge is 0.273 e. The molecule has 0 saturated carbocycles. The molecule has 6 nitrogen and oxygen atoms in total. The van der Waals surface area contributed by atoms with Crippen molar-refractivity contribution in [3.8, 4) is 16.3 Å². The van der Waals surface area contributed by atoms with E-state index in [0.29, 0.717) is 31.6 Å². The zero-order chi connectivity index (χ0) is 18.7. The van der Waals surface area contributed by atoms with Crippen LogP contribution in [0.3, 0.4) is 0 Å². The molecule has 0 spiro atoms. The molecule has 0 bridgehead atoms. The minimum atomic E-state index is -0.280. The van der Waals surface area contributed by atoms with E-state index in [2.05, 4.69) is 4.98 Å². The van der Waals surface area contributed by atoms with Crippen LogP contribution in [0.1, 0.15) is 37.2 Å². The molecule has 3 rings (SSSR count). The van der Waals surface area contributed by atoms with Crippen molar-refractivity contribution in [2.24, 2.45) is 11.7 Å². The fourth-order valence-corrected chi connectivity index (χ4v) is 3.78. The van der Waals surface area contributed by atoms with Gasteiger partial charge in [0, 0.05) is 30.0 Å². The molecule has 0 unspecified atom stereocenters. The first-order chi connectivity index (χ1) is 12.4. The molecular weight excluding hydrogens is 350 g/mol. The standard InChI is InChI=1S/C19H23N3O3S/c1-12(2)25-15-5-3-14(4-6-15)18-21-16(11-26-18)19(24)22-9-7-13(8-10-22)17(20)23/h3-6,11-13H,7-10H2,1-2H3,(H2,20,23). The summed E-state index contributed by atoms with van der Waals surface area (Å²) in [6.45, 7) is 5.05. The highest BCUT2D eigenvalue weighted by Gasteiger charge is 2.27. The number of piperidine rings is 1. The van der Waals surface area contributed by atoms with Gasteiger partial charge in [0.1, 0.15) is 16.5 Å². The summed E-state index contributed by atoms with van der Waals surface area (Å²) in [6, 6.07) is 7.71. The number of carbonyl (C=O) groups is 2. The first-order valence-electron chi connectivity index (χ1n) is 8.75. The zero-order valence-electron chi connectivity index (χ0n) is 15.0. The number of amides is 2. The van der Waals surface area contributed by atoms with E-state index in [4.69, 9.17) is 10.5 Å². The van der Waals surface area contributed by atoms with Gasteiger partial charge < -0.3 is 15.4 Å². The summed E-state index contributed by atoms with van der Waals surface area (Å²) >= 11 is 1.45. The molecule has 1 aromatic heterocycles. The molecule has 1 fully saturated rings. The van der Waals surface area contributed by atoms with Crippen molar-refractivity contribution in [1.29, 1.82) is 0 Å². The van der Waals surface area contributed by atoms with E-state index in [-0.39, 0.29) is 23.8 Å². The van der Waals surface area contributed by atoms with E-state index in [9.17, 15) is 9.59 Å². The van der Waals surface area contributed by atoms with Crippen LogP contribution in [0, 0.1) is 5.92 Å². The lowest BCUT2D eigenvalue weighted by Gasteiger charge is -2.30. The second-order valence-corrected chi connectivity index (χ2v) is 7.56. The van der Waals surface area contributed by atoms with E-state index in [0.717, 1.165) is 16.3 Å². The zero-order valence-corrected chi connectivity index (χ0v) is 15.8. The first kappa shape index (κ1) is 18.4. The van der Waals surface area contributed by atoms with Crippen LogP contribution in [-0.4, -0.2) is 40.9 Å². The number of aromatic nitrogens is 1. The number of ether oxygens (including phenoxy) is 1. The van der Waals surface area contributed by atoms with Crippen LogP contribution in [0.5, 0.6) is 5.75 Å². The van der Waals surface area contributed by atoms with Crippen LogP contribution in [0.4, 0.5) is 0 Å². The number of hydrogen-bond donors (Lipinski definition) is 1. The molecule has 0 radical (unpaired) electrons. The Bertz CT molecular complexity index is 778. The number of hydrogen-bond acceptors (Lipinski definition) is 5. The maximum absolute atomic E-state index is 12.6.